The van der Waals surface area contributed by atoms with Gasteiger partial charge in [-0.15, -0.1) is 5.10 Å². The third-order valence-corrected chi connectivity index (χ3v) is 3.47. The van der Waals surface area contributed by atoms with Crippen LogP contribution in [-0.2, 0) is 17.8 Å². The number of nitrogens with zero attached hydrogens (tertiary/aromatic N) is 3. The molecule has 2 N–H and O–H groups in total. The molecule has 1 aliphatic rings. The number of nitrogens with two attached hydrogens (primary N) is 1. The van der Waals surface area contributed by atoms with E-state index in [1.807, 2.05) is 4.68 Å². The van der Waals surface area contributed by atoms with Gasteiger partial charge in [-0.05, 0) is 18.8 Å². The van der Waals surface area contributed by atoms with Crippen molar-refractivity contribution in [3.05, 3.63) is 11.4 Å². The van der Waals surface area contributed by atoms with Crippen LogP contribution in [0, 0.1) is 5.92 Å². The summed E-state index contributed by atoms with van der Waals surface area (Å²) in [4.78, 5) is 0. The summed E-state index contributed by atoms with van der Waals surface area (Å²) in [5.74, 6) is 1.07. The molecule has 1 aromatic heterocycles. The Labute approximate surface area is 102 Å². The van der Waals surface area contributed by atoms with Gasteiger partial charge in [0, 0.05) is 26.1 Å². The van der Waals surface area contributed by atoms with Gasteiger partial charge >= 0.3 is 0 Å². The summed E-state index contributed by atoms with van der Waals surface area (Å²) in [5, 5.41) is 8.44. The van der Waals surface area contributed by atoms with E-state index in [1.54, 1.807) is 7.11 Å². The van der Waals surface area contributed by atoms with Crippen molar-refractivity contribution in [1.29, 1.82) is 0 Å². The van der Waals surface area contributed by atoms with Crippen LogP contribution in [0.15, 0.2) is 0 Å². The van der Waals surface area contributed by atoms with Crippen molar-refractivity contribution in [2.24, 2.45) is 11.7 Å². The second kappa shape index (κ2) is 5.60. The Morgan fingerprint density at radius 2 is 2.29 bits per heavy atom. The van der Waals surface area contributed by atoms with Crippen LogP contribution >= 0.6 is 0 Å². The first kappa shape index (κ1) is 12.5. The Morgan fingerprint density at radius 3 is 2.82 bits per heavy atom. The molecule has 1 unspecified atom stereocenters. The SMILES string of the molecule is COCC(C)Cn1nnc(CN)c1C1CCC1. The lowest BCUT2D eigenvalue weighted by Crippen LogP contribution is -2.21. The largest absolute Gasteiger partial charge is 0.384 e. The van der Waals surface area contributed by atoms with E-state index in [1.165, 1.54) is 25.0 Å². The maximum atomic E-state index is 5.73. The van der Waals surface area contributed by atoms with Gasteiger partial charge in [0.25, 0.3) is 0 Å². The van der Waals surface area contributed by atoms with E-state index in [0.29, 0.717) is 18.4 Å². The topological polar surface area (TPSA) is 66.0 Å². The highest BCUT2D eigenvalue weighted by atomic mass is 16.5. The number of hydrogen-bond acceptors (Lipinski definition) is 4. The molecule has 1 aromatic rings. The number of ether oxygens (including phenoxy) is 1. The molecule has 2 rings (SSSR count). The fraction of sp³-hybridized carbons (Fsp3) is 0.833. The summed E-state index contributed by atoms with van der Waals surface area (Å²) in [5.41, 5.74) is 7.97. The Bertz CT molecular complexity index is 359. The van der Waals surface area contributed by atoms with Gasteiger partial charge < -0.3 is 10.5 Å². The normalized spacial score (nSPS) is 18.1. The quantitative estimate of drug-likeness (QED) is 0.811. The molecule has 0 spiro atoms. The molecule has 5 heteroatoms. The number of rotatable bonds is 6. The van der Waals surface area contributed by atoms with E-state index in [4.69, 9.17) is 10.5 Å². The molecule has 0 radical (unpaired) electrons. The minimum absolute atomic E-state index is 0.450. The molecule has 0 amide bonds. The van der Waals surface area contributed by atoms with Crippen LogP contribution in [0.25, 0.3) is 0 Å². The number of methoxy groups -OCH3 is 1. The zero-order valence-electron chi connectivity index (χ0n) is 10.7. The van der Waals surface area contributed by atoms with Crippen molar-refractivity contribution in [1.82, 2.24) is 15.0 Å². The molecule has 17 heavy (non-hydrogen) atoms. The smallest absolute Gasteiger partial charge is 0.0997 e. The molecule has 1 fully saturated rings. The van der Waals surface area contributed by atoms with Crippen molar-refractivity contribution in [2.45, 2.75) is 45.2 Å². The minimum Gasteiger partial charge on any atom is -0.384 e. The number of aromatic nitrogens is 3. The third kappa shape index (κ3) is 2.66. The highest BCUT2D eigenvalue weighted by Crippen LogP contribution is 2.37. The van der Waals surface area contributed by atoms with Crippen molar-refractivity contribution in [3.8, 4) is 0 Å². The second-order valence-corrected chi connectivity index (χ2v) is 5.00. The van der Waals surface area contributed by atoms with E-state index in [0.717, 1.165) is 18.8 Å². The van der Waals surface area contributed by atoms with Crippen molar-refractivity contribution in [3.63, 3.8) is 0 Å². The van der Waals surface area contributed by atoms with Crippen LogP contribution in [0.5, 0.6) is 0 Å². The van der Waals surface area contributed by atoms with E-state index in [2.05, 4.69) is 17.2 Å². The molecule has 1 heterocycles. The predicted octanol–water partition coefficient (Wildman–Crippen LogP) is 1.29. The molecule has 1 saturated carbocycles. The summed E-state index contributed by atoms with van der Waals surface area (Å²) in [7, 11) is 1.73. The summed E-state index contributed by atoms with van der Waals surface area (Å²) in [6.45, 7) is 4.27. The van der Waals surface area contributed by atoms with Crippen molar-refractivity contribution >= 4 is 0 Å². The Balaban J connectivity index is 2.12. The van der Waals surface area contributed by atoms with Crippen LogP contribution in [0.4, 0.5) is 0 Å². The monoisotopic (exact) mass is 238 g/mol. The van der Waals surface area contributed by atoms with Gasteiger partial charge in [-0.3, -0.25) is 0 Å². The molecule has 1 aliphatic carbocycles. The summed E-state index contributed by atoms with van der Waals surface area (Å²) < 4.78 is 7.20. The van der Waals surface area contributed by atoms with Gasteiger partial charge in [0.2, 0.25) is 0 Å². The molecule has 96 valence electrons. The van der Waals surface area contributed by atoms with Gasteiger partial charge in [-0.1, -0.05) is 18.6 Å². The fourth-order valence-corrected chi connectivity index (χ4v) is 2.40. The number of hydrogen-bond donors (Lipinski definition) is 1. The van der Waals surface area contributed by atoms with Gasteiger partial charge in [0.1, 0.15) is 0 Å². The zero-order chi connectivity index (χ0) is 12.3. The average Bonchev–Trinajstić information content (AvgIpc) is 2.60. The Hall–Kier alpha value is -0.940. The highest BCUT2D eigenvalue weighted by molar-refractivity contribution is 5.17. The van der Waals surface area contributed by atoms with E-state index >= 15 is 0 Å². The summed E-state index contributed by atoms with van der Waals surface area (Å²) in [6, 6.07) is 0. The molecule has 1 atom stereocenters. The maximum absolute atomic E-state index is 5.73. The molecule has 0 saturated heterocycles. The Kier molecular flexibility index (Phi) is 4.12. The van der Waals surface area contributed by atoms with Gasteiger partial charge in [0.15, 0.2) is 0 Å². The van der Waals surface area contributed by atoms with Gasteiger partial charge in [-0.25, -0.2) is 4.68 Å². The second-order valence-electron chi connectivity index (χ2n) is 5.00. The van der Waals surface area contributed by atoms with Crippen molar-refractivity contribution in [2.75, 3.05) is 13.7 Å². The molecular weight excluding hydrogens is 216 g/mol. The summed E-state index contributed by atoms with van der Waals surface area (Å²) in [6.07, 6.45) is 3.81. The lowest BCUT2D eigenvalue weighted by atomic mass is 9.82. The molecule has 5 nitrogen and oxygen atoms in total. The Morgan fingerprint density at radius 1 is 1.53 bits per heavy atom. The van der Waals surface area contributed by atoms with Crippen LogP contribution in [0.3, 0.4) is 0 Å². The van der Waals surface area contributed by atoms with Crippen LogP contribution in [0.1, 0.15) is 43.5 Å². The lowest BCUT2D eigenvalue weighted by molar-refractivity contribution is 0.147. The molecule has 0 aromatic carbocycles. The third-order valence-electron chi connectivity index (χ3n) is 3.47. The first-order valence-electron chi connectivity index (χ1n) is 6.37. The molecule has 0 aliphatic heterocycles. The fourth-order valence-electron chi connectivity index (χ4n) is 2.40. The van der Waals surface area contributed by atoms with Crippen molar-refractivity contribution < 1.29 is 4.74 Å². The molecular formula is C12H22N4O. The summed E-state index contributed by atoms with van der Waals surface area (Å²) >= 11 is 0. The van der Waals surface area contributed by atoms with Gasteiger partial charge in [-0.2, -0.15) is 0 Å². The van der Waals surface area contributed by atoms with Crippen LogP contribution in [0.2, 0.25) is 0 Å². The zero-order valence-corrected chi connectivity index (χ0v) is 10.7. The maximum Gasteiger partial charge on any atom is 0.0997 e. The first-order chi connectivity index (χ1) is 8.26. The standard InChI is InChI=1S/C12H22N4O/c1-9(8-17-2)7-16-12(10-4-3-5-10)11(6-13)14-15-16/h9-10H,3-8,13H2,1-2H3. The first-order valence-corrected chi connectivity index (χ1v) is 6.37. The lowest BCUT2D eigenvalue weighted by Gasteiger charge is -2.27. The van der Waals surface area contributed by atoms with E-state index < -0.39 is 0 Å². The van der Waals surface area contributed by atoms with E-state index in [9.17, 15) is 0 Å². The van der Waals surface area contributed by atoms with Crippen LogP contribution in [-0.4, -0.2) is 28.7 Å². The van der Waals surface area contributed by atoms with Crippen LogP contribution < -0.4 is 5.73 Å². The predicted molar refractivity (Wildman–Crippen MR) is 65.5 cm³/mol. The average molecular weight is 238 g/mol. The molecule has 0 bridgehead atoms. The van der Waals surface area contributed by atoms with E-state index in [-0.39, 0.29) is 0 Å². The minimum atomic E-state index is 0.450. The van der Waals surface area contributed by atoms with Gasteiger partial charge in [0.05, 0.1) is 18.0 Å². The highest BCUT2D eigenvalue weighted by Gasteiger charge is 2.27.